The number of carbonyl (C=O) groups excluding carboxylic acids is 1. The number of carbonyl (C=O) groups is 1. The average Bonchev–Trinajstić information content (AvgIpc) is 2.99. The highest BCUT2D eigenvalue weighted by Gasteiger charge is 2.15. The smallest absolute Gasteiger partial charge is 0.407 e. The molecule has 1 aromatic carbocycles. The number of nitrogens with zero attached hydrogens (tertiary/aromatic N) is 1. The summed E-state index contributed by atoms with van der Waals surface area (Å²) in [7, 11) is 0. The lowest BCUT2D eigenvalue weighted by Gasteiger charge is -2.19. The number of unbranched alkanes of at least 4 members (excludes halogenated alkanes) is 1. The summed E-state index contributed by atoms with van der Waals surface area (Å²) in [6.45, 7) is 7.69. The van der Waals surface area contributed by atoms with Gasteiger partial charge in [0.15, 0.2) is 0 Å². The SMILES string of the molecule is CC(C)(C)OC(=O)NCCCCOCCOc1cc(Br)cc2[nH]ncc12. The normalized spacial score (nSPS) is 11.5. The second-order valence-electron chi connectivity index (χ2n) is 6.83. The van der Waals surface area contributed by atoms with Crippen LogP contribution in [-0.2, 0) is 9.47 Å². The van der Waals surface area contributed by atoms with Crippen LogP contribution in [0.15, 0.2) is 22.8 Å². The fourth-order valence-electron chi connectivity index (χ4n) is 2.25. The van der Waals surface area contributed by atoms with Crippen molar-refractivity contribution in [1.29, 1.82) is 0 Å². The first kappa shape index (κ1) is 20.5. The summed E-state index contributed by atoms with van der Waals surface area (Å²) in [5.41, 5.74) is 0.455. The Morgan fingerprint density at radius 3 is 2.81 bits per heavy atom. The van der Waals surface area contributed by atoms with Gasteiger partial charge in [0.25, 0.3) is 0 Å². The first-order valence-corrected chi connectivity index (χ1v) is 9.44. The Labute approximate surface area is 161 Å². The van der Waals surface area contributed by atoms with Gasteiger partial charge >= 0.3 is 6.09 Å². The molecule has 2 rings (SSSR count). The summed E-state index contributed by atoms with van der Waals surface area (Å²) >= 11 is 3.45. The molecular weight excluding hydrogens is 402 g/mol. The third-order valence-electron chi connectivity index (χ3n) is 3.35. The molecule has 0 atom stereocenters. The number of nitrogens with one attached hydrogen (secondary N) is 2. The van der Waals surface area contributed by atoms with Crippen LogP contribution in [0.5, 0.6) is 5.75 Å². The fraction of sp³-hybridized carbons (Fsp3) is 0.556. The molecule has 7 nitrogen and oxygen atoms in total. The number of aromatic amines is 1. The van der Waals surface area contributed by atoms with E-state index < -0.39 is 5.60 Å². The Hall–Kier alpha value is -1.80. The monoisotopic (exact) mass is 427 g/mol. The molecule has 1 heterocycles. The van der Waals surface area contributed by atoms with Crippen molar-refractivity contribution in [3.05, 3.63) is 22.8 Å². The van der Waals surface area contributed by atoms with Gasteiger partial charge in [-0.3, -0.25) is 5.10 Å². The number of fused-ring (bicyclic) bond motifs is 1. The molecule has 2 N–H and O–H groups in total. The molecule has 0 bridgehead atoms. The maximum Gasteiger partial charge on any atom is 0.407 e. The molecule has 0 saturated carbocycles. The van der Waals surface area contributed by atoms with E-state index in [4.69, 9.17) is 14.2 Å². The van der Waals surface area contributed by atoms with E-state index in [2.05, 4.69) is 31.4 Å². The Kier molecular flexibility index (Phi) is 7.71. The van der Waals surface area contributed by atoms with Crippen LogP contribution < -0.4 is 10.1 Å². The zero-order chi connectivity index (χ0) is 19.0. The van der Waals surface area contributed by atoms with Gasteiger partial charge in [-0.1, -0.05) is 15.9 Å². The number of halogens is 1. The van der Waals surface area contributed by atoms with Crippen LogP contribution in [0.1, 0.15) is 33.6 Å². The van der Waals surface area contributed by atoms with Gasteiger partial charge in [0.1, 0.15) is 18.0 Å². The van der Waals surface area contributed by atoms with E-state index in [1.54, 1.807) is 6.20 Å². The highest BCUT2D eigenvalue weighted by molar-refractivity contribution is 9.10. The number of hydrogen-bond acceptors (Lipinski definition) is 5. The molecule has 0 unspecified atom stereocenters. The Bertz CT molecular complexity index is 712. The van der Waals surface area contributed by atoms with Crippen LogP contribution in [-0.4, -0.2) is 48.3 Å². The van der Waals surface area contributed by atoms with E-state index in [0.717, 1.165) is 34.0 Å². The first-order chi connectivity index (χ1) is 12.3. The third kappa shape index (κ3) is 7.21. The molecule has 0 spiro atoms. The Morgan fingerprint density at radius 1 is 1.23 bits per heavy atom. The molecule has 2 aromatic rings. The number of ether oxygens (including phenoxy) is 3. The molecule has 1 aromatic heterocycles. The summed E-state index contributed by atoms with van der Waals surface area (Å²) in [5, 5.41) is 10.6. The number of rotatable bonds is 9. The predicted molar refractivity (Wildman–Crippen MR) is 104 cm³/mol. The van der Waals surface area contributed by atoms with Crippen molar-refractivity contribution in [3.63, 3.8) is 0 Å². The van der Waals surface area contributed by atoms with E-state index in [-0.39, 0.29) is 6.09 Å². The topological polar surface area (TPSA) is 85.5 Å². The predicted octanol–water partition coefficient (Wildman–Crippen LogP) is 4.03. The molecule has 0 radical (unpaired) electrons. The molecule has 0 fully saturated rings. The Morgan fingerprint density at radius 2 is 2.04 bits per heavy atom. The Balaban J connectivity index is 1.53. The van der Waals surface area contributed by atoms with Crippen LogP contribution in [0.4, 0.5) is 4.79 Å². The minimum absolute atomic E-state index is 0.383. The van der Waals surface area contributed by atoms with Crippen molar-refractivity contribution >= 4 is 32.9 Å². The van der Waals surface area contributed by atoms with Gasteiger partial charge in [-0.05, 0) is 45.7 Å². The molecule has 0 aliphatic rings. The van der Waals surface area contributed by atoms with Crippen molar-refractivity contribution in [3.8, 4) is 5.75 Å². The van der Waals surface area contributed by atoms with Gasteiger partial charge < -0.3 is 19.5 Å². The first-order valence-electron chi connectivity index (χ1n) is 8.65. The number of hydrogen-bond donors (Lipinski definition) is 2. The summed E-state index contributed by atoms with van der Waals surface area (Å²) in [6.07, 6.45) is 3.06. The molecular formula is C18H26BrN3O4. The minimum atomic E-state index is -0.469. The van der Waals surface area contributed by atoms with Crippen LogP contribution in [0.2, 0.25) is 0 Å². The van der Waals surface area contributed by atoms with E-state index in [1.165, 1.54) is 0 Å². The number of benzene rings is 1. The zero-order valence-electron chi connectivity index (χ0n) is 15.4. The average molecular weight is 428 g/mol. The zero-order valence-corrected chi connectivity index (χ0v) is 17.0. The number of amides is 1. The maximum absolute atomic E-state index is 11.5. The van der Waals surface area contributed by atoms with Crippen molar-refractivity contribution < 1.29 is 19.0 Å². The van der Waals surface area contributed by atoms with Gasteiger partial charge in [-0.25, -0.2) is 4.79 Å². The second-order valence-corrected chi connectivity index (χ2v) is 7.75. The summed E-state index contributed by atoms with van der Waals surface area (Å²) in [6, 6.07) is 3.87. The lowest BCUT2D eigenvalue weighted by molar-refractivity contribution is 0.0523. The maximum atomic E-state index is 11.5. The highest BCUT2D eigenvalue weighted by atomic mass is 79.9. The standard InChI is InChI=1S/C18H26BrN3O4/c1-18(2,3)26-17(23)20-6-4-5-7-24-8-9-25-16-11-13(19)10-15-14(16)12-21-22-15/h10-12H,4-9H2,1-3H3,(H,20,23)(H,21,22). The summed E-state index contributed by atoms with van der Waals surface area (Å²) in [4.78, 5) is 11.5. The summed E-state index contributed by atoms with van der Waals surface area (Å²) < 4.78 is 17.4. The van der Waals surface area contributed by atoms with Crippen molar-refractivity contribution in [1.82, 2.24) is 15.5 Å². The number of alkyl carbamates (subject to hydrolysis) is 1. The van der Waals surface area contributed by atoms with Crippen LogP contribution in [0, 0.1) is 0 Å². The van der Waals surface area contributed by atoms with E-state index >= 15 is 0 Å². The van der Waals surface area contributed by atoms with E-state index in [1.807, 2.05) is 32.9 Å². The number of aromatic nitrogens is 2. The number of H-pyrrole nitrogens is 1. The minimum Gasteiger partial charge on any atom is -0.490 e. The molecule has 8 heteroatoms. The molecule has 0 saturated heterocycles. The molecule has 0 aliphatic carbocycles. The van der Waals surface area contributed by atoms with Gasteiger partial charge in [0.05, 0.1) is 23.7 Å². The molecule has 26 heavy (non-hydrogen) atoms. The molecule has 0 aliphatic heterocycles. The van der Waals surface area contributed by atoms with Crippen LogP contribution in [0.3, 0.4) is 0 Å². The largest absolute Gasteiger partial charge is 0.490 e. The fourth-order valence-corrected chi connectivity index (χ4v) is 2.69. The van der Waals surface area contributed by atoms with Gasteiger partial charge in [-0.2, -0.15) is 5.10 Å². The lowest BCUT2D eigenvalue weighted by atomic mass is 10.2. The second kappa shape index (κ2) is 9.78. The van der Waals surface area contributed by atoms with Crippen molar-refractivity contribution in [2.24, 2.45) is 0 Å². The van der Waals surface area contributed by atoms with E-state index in [9.17, 15) is 4.79 Å². The van der Waals surface area contributed by atoms with E-state index in [0.29, 0.717) is 26.4 Å². The third-order valence-corrected chi connectivity index (χ3v) is 3.81. The molecule has 1 amide bonds. The summed E-state index contributed by atoms with van der Waals surface area (Å²) in [5.74, 6) is 0.772. The molecule has 144 valence electrons. The van der Waals surface area contributed by atoms with Crippen LogP contribution >= 0.6 is 15.9 Å². The van der Waals surface area contributed by atoms with Gasteiger partial charge in [0, 0.05) is 17.6 Å². The highest BCUT2D eigenvalue weighted by Crippen LogP contribution is 2.28. The van der Waals surface area contributed by atoms with Gasteiger partial charge in [-0.15, -0.1) is 0 Å². The lowest BCUT2D eigenvalue weighted by Crippen LogP contribution is -2.33. The van der Waals surface area contributed by atoms with Crippen molar-refractivity contribution in [2.45, 2.75) is 39.2 Å². The van der Waals surface area contributed by atoms with Gasteiger partial charge in [0.2, 0.25) is 0 Å². The quantitative estimate of drug-likeness (QED) is 0.590. The van der Waals surface area contributed by atoms with Crippen LogP contribution in [0.25, 0.3) is 10.9 Å². The van der Waals surface area contributed by atoms with Crippen molar-refractivity contribution in [2.75, 3.05) is 26.4 Å².